The molecule has 1 N–H and O–H groups in total. The van der Waals surface area contributed by atoms with Gasteiger partial charge in [-0.05, 0) is 45.1 Å². The van der Waals surface area contributed by atoms with Crippen LogP contribution < -0.4 is 5.32 Å². The maximum atomic E-state index is 6.35. The fourth-order valence-electron chi connectivity index (χ4n) is 4.70. The van der Waals surface area contributed by atoms with E-state index in [-0.39, 0.29) is 0 Å². The number of hydrogen-bond acceptors (Lipinski definition) is 2. The fraction of sp³-hybridized carbons (Fsp3) is 1.00. The zero-order chi connectivity index (χ0) is 12.4. The summed E-state index contributed by atoms with van der Waals surface area (Å²) in [5.41, 5.74) is 0.506. The molecule has 0 saturated heterocycles. The minimum atomic E-state index is 0.506. The molecule has 2 nitrogen and oxygen atoms in total. The van der Waals surface area contributed by atoms with Crippen LogP contribution in [0.25, 0.3) is 0 Å². The Hall–Kier alpha value is -0.0800. The third-order valence-electron chi connectivity index (χ3n) is 5.93. The smallest absolute Gasteiger partial charge is 0.0661 e. The highest BCUT2D eigenvalue weighted by molar-refractivity contribution is 5.08. The van der Waals surface area contributed by atoms with Crippen molar-refractivity contribution in [1.82, 2.24) is 5.32 Å². The summed E-state index contributed by atoms with van der Waals surface area (Å²) >= 11 is 0. The third-order valence-corrected chi connectivity index (χ3v) is 5.93. The zero-order valence-electron chi connectivity index (χ0n) is 11.9. The third kappa shape index (κ3) is 2.22. The maximum Gasteiger partial charge on any atom is 0.0661 e. The van der Waals surface area contributed by atoms with Crippen LogP contribution in [0.15, 0.2) is 0 Å². The van der Waals surface area contributed by atoms with Crippen LogP contribution in [0.1, 0.15) is 64.2 Å². The molecule has 0 bridgehead atoms. The zero-order valence-corrected chi connectivity index (χ0v) is 11.9. The first-order valence-corrected chi connectivity index (χ1v) is 8.14. The lowest BCUT2D eigenvalue weighted by atomic mass is 9.55. The molecule has 3 aliphatic carbocycles. The van der Waals surface area contributed by atoms with E-state index < -0.39 is 0 Å². The van der Waals surface area contributed by atoms with E-state index in [0.717, 1.165) is 18.6 Å². The van der Waals surface area contributed by atoms with Gasteiger partial charge in [0.15, 0.2) is 0 Å². The van der Waals surface area contributed by atoms with Gasteiger partial charge < -0.3 is 10.1 Å². The molecule has 0 amide bonds. The molecule has 3 saturated carbocycles. The molecule has 2 unspecified atom stereocenters. The molecule has 0 heterocycles. The number of nitrogens with one attached hydrogen (secondary N) is 1. The SMILES string of the molecule is CNC1CC(OCC2CCCC2)C12CCCCC2. The molecule has 3 fully saturated rings. The Labute approximate surface area is 112 Å². The van der Waals surface area contributed by atoms with Gasteiger partial charge in [-0.2, -0.15) is 0 Å². The largest absolute Gasteiger partial charge is 0.377 e. The summed E-state index contributed by atoms with van der Waals surface area (Å²) in [4.78, 5) is 0. The van der Waals surface area contributed by atoms with Crippen molar-refractivity contribution in [1.29, 1.82) is 0 Å². The maximum absolute atomic E-state index is 6.35. The van der Waals surface area contributed by atoms with Gasteiger partial charge in [0.2, 0.25) is 0 Å². The molecule has 1 spiro atoms. The predicted molar refractivity (Wildman–Crippen MR) is 74.7 cm³/mol. The van der Waals surface area contributed by atoms with E-state index >= 15 is 0 Å². The van der Waals surface area contributed by atoms with E-state index in [1.54, 1.807) is 0 Å². The topological polar surface area (TPSA) is 21.3 Å². The number of hydrogen-bond donors (Lipinski definition) is 1. The van der Waals surface area contributed by atoms with Gasteiger partial charge in [-0.25, -0.2) is 0 Å². The first kappa shape index (κ1) is 12.9. The lowest BCUT2D eigenvalue weighted by Crippen LogP contribution is -2.63. The molecule has 3 aliphatic rings. The summed E-state index contributed by atoms with van der Waals surface area (Å²) in [6.45, 7) is 1.04. The van der Waals surface area contributed by atoms with Crippen molar-refractivity contribution >= 4 is 0 Å². The van der Waals surface area contributed by atoms with E-state index in [1.165, 1.54) is 64.2 Å². The molecule has 0 aliphatic heterocycles. The Morgan fingerprint density at radius 1 is 1.06 bits per heavy atom. The summed E-state index contributed by atoms with van der Waals surface area (Å²) in [6, 6.07) is 0.728. The van der Waals surface area contributed by atoms with E-state index in [0.29, 0.717) is 11.5 Å². The second-order valence-electron chi connectivity index (χ2n) is 6.84. The highest BCUT2D eigenvalue weighted by Gasteiger charge is 2.55. The lowest BCUT2D eigenvalue weighted by Gasteiger charge is -2.57. The molecule has 104 valence electrons. The van der Waals surface area contributed by atoms with Gasteiger partial charge >= 0.3 is 0 Å². The van der Waals surface area contributed by atoms with Gasteiger partial charge in [0.05, 0.1) is 6.10 Å². The summed E-state index contributed by atoms with van der Waals surface area (Å²) < 4.78 is 6.35. The van der Waals surface area contributed by atoms with Crippen LogP contribution in [0, 0.1) is 11.3 Å². The first-order chi connectivity index (χ1) is 8.85. The monoisotopic (exact) mass is 251 g/mol. The molecule has 2 atom stereocenters. The Morgan fingerprint density at radius 3 is 2.44 bits per heavy atom. The van der Waals surface area contributed by atoms with Crippen LogP contribution in [0.4, 0.5) is 0 Å². The van der Waals surface area contributed by atoms with Crippen molar-refractivity contribution in [2.45, 2.75) is 76.4 Å². The number of ether oxygens (including phenoxy) is 1. The quantitative estimate of drug-likeness (QED) is 0.825. The van der Waals surface area contributed by atoms with Gasteiger partial charge in [0.25, 0.3) is 0 Å². The standard InChI is InChI=1S/C16H29NO/c1-17-14-11-15(16(14)9-5-2-6-10-16)18-12-13-7-3-4-8-13/h13-15,17H,2-12H2,1H3. The average molecular weight is 251 g/mol. The van der Waals surface area contributed by atoms with E-state index in [4.69, 9.17) is 4.74 Å². The minimum absolute atomic E-state index is 0.506. The molecule has 3 rings (SSSR count). The second-order valence-corrected chi connectivity index (χ2v) is 6.84. The molecule has 18 heavy (non-hydrogen) atoms. The van der Waals surface area contributed by atoms with Gasteiger partial charge in [-0.1, -0.05) is 32.1 Å². The van der Waals surface area contributed by atoms with Crippen LogP contribution in [0.5, 0.6) is 0 Å². The molecular weight excluding hydrogens is 222 g/mol. The minimum Gasteiger partial charge on any atom is -0.377 e. The Kier molecular flexibility index (Phi) is 3.95. The highest BCUT2D eigenvalue weighted by Crippen LogP contribution is 2.53. The van der Waals surface area contributed by atoms with Gasteiger partial charge in [-0.3, -0.25) is 0 Å². The summed E-state index contributed by atoms with van der Waals surface area (Å²) in [6.07, 6.45) is 14.6. The van der Waals surface area contributed by atoms with Gasteiger partial charge in [0, 0.05) is 18.1 Å². The Bertz CT molecular complexity index is 266. The normalized spacial score (nSPS) is 35.8. The van der Waals surface area contributed by atoms with Crippen molar-refractivity contribution in [2.75, 3.05) is 13.7 Å². The van der Waals surface area contributed by atoms with Crippen LogP contribution >= 0.6 is 0 Å². The molecule has 0 radical (unpaired) electrons. The number of rotatable bonds is 4. The molecule has 0 aromatic rings. The van der Waals surface area contributed by atoms with Crippen molar-refractivity contribution < 1.29 is 4.74 Å². The Morgan fingerprint density at radius 2 is 1.78 bits per heavy atom. The van der Waals surface area contributed by atoms with E-state index in [2.05, 4.69) is 12.4 Å². The van der Waals surface area contributed by atoms with Crippen molar-refractivity contribution in [2.24, 2.45) is 11.3 Å². The first-order valence-electron chi connectivity index (χ1n) is 8.14. The Balaban J connectivity index is 1.54. The second kappa shape index (κ2) is 5.50. The summed E-state index contributed by atoms with van der Waals surface area (Å²) in [5.74, 6) is 0.874. The molecule has 0 aromatic heterocycles. The van der Waals surface area contributed by atoms with Crippen molar-refractivity contribution in [3.05, 3.63) is 0 Å². The molecule has 2 heteroatoms. The van der Waals surface area contributed by atoms with Gasteiger partial charge in [0.1, 0.15) is 0 Å². The average Bonchev–Trinajstić information content (AvgIpc) is 2.92. The van der Waals surface area contributed by atoms with Crippen LogP contribution in [-0.4, -0.2) is 25.8 Å². The molecule has 0 aromatic carbocycles. The molecular formula is C16H29NO. The van der Waals surface area contributed by atoms with Crippen molar-refractivity contribution in [3.8, 4) is 0 Å². The van der Waals surface area contributed by atoms with E-state index in [9.17, 15) is 0 Å². The van der Waals surface area contributed by atoms with Gasteiger partial charge in [-0.15, -0.1) is 0 Å². The highest BCUT2D eigenvalue weighted by atomic mass is 16.5. The van der Waals surface area contributed by atoms with Crippen LogP contribution in [0.3, 0.4) is 0 Å². The predicted octanol–water partition coefficient (Wildman–Crippen LogP) is 3.50. The van der Waals surface area contributed by atoms with Crippen molar-refractivity contribution in [3.63, 3.8) is 0 Å². The fourth-order valence-corrected chi connectivity index (χ4v) is 4.70. The van der Waals surface area contributed by atoms with Crippen LogP contribution in [-0.2, 0) is 4.74 Å². The van der Waals surface area contributed by atoms with Crippen LogP contribution in [0.2, 0.25) is 0 Å². The van der Waals surface area contributed by atoms with E-state index in [1.807, 2.05) is 0 Å². The lowest BCUT2D eigenvalue weighted by molar-refractivity contribution is -0.157. The summed E-state index contributed by atoms with van der Waals surface area (Å²) in [7, 11) is 2.13. The summed E-state index contributed by atoms with van der Waals surface area (Å²) in [5, 5.41) is 3.54.